The largest absolute Gasteiger partial charge is 0.490 e. The molecule has 2 aromatic rings. The molecule has 1 aromatic heterocycles. The molecule has 2 aliphatic heterocycles. The summed E-state index contributed by atoms with van der Waals surface area (Å²) in [5.41, 5.74) is 2.90. The van der Waals surface area contributed by atoms with Crippen molar-refractivity contribution >= 4 is 29.7 Å². The molecule has 10 nitrogen and oxygen atoms in total. The summed E-state index contributed by atoms with van der Waals surface area (Å²) in [7, 11) is 0. The van der Waals surface area contributed by atoms with Gasteiger partial charge in [0.05, 0.1) is 22.4 Å². The number of nitrogens with one attached hydrogen (secondary N) is 1. The van der Waals surface area contributed by atoms with Gasteiger partial charge in [0.25, 0.3) is 5.91 Å². The molecule has 4 fully saturated rings. The Morgan fingerprint density at radius 3 is 2.37 bits per heavy atom. The highest BCUT2D eigenvalue weighted by Gasteiger charge is 2.41. The zero-order valence-electron chi connectivity index (χ0n) is 29.0. The summed E-state index contributed by atoms with van der Waals surface area (Å²) in [4.78, 5) is 29.9. The third-order valence-electron chi connectivity index (χ3n) is 10.7. The van der Waals surface area contributed by atoms with Gasteiger partial charge in [-0.25, -0.2) is 4.79 Å². The molecule has 2 amide bonds. The first kappa shape index (κ1) is 35.2. The highest BCUT2D eigenvalue weighted by molar-refractivity contribution is 6.31. The van der Waals surface area contributed by atoms with Crippen molar-refractivity contribution in [3.05, 3.63) is 57.9 Å². The molecule has 0 unspecified atom stereocenters. The van der Waals surface area contributed by atoms with E-state index in [9.17, 15) is 9.59 Å². The number of hydrogen-bond acceptors (Lipinski definition) is 8. The van der Waals surface area contributed by atoms with Gasteiger partial charge in [-0.15, -0.1) is 5.10 Å². The maximum Gasteiger partial charge on any atom is 0.410 e. The highest BCUT2D eigenvalue weighted by atomic mass is 35.5. The molecule has 0 radical (unpaired) electrons. The Hall–Kier alpha value is -3.68. The van der Waals surface area contributed by atoms with E-state index in [1.807, 2.05) is 31.7 Å². The number of benzene rings is 1. The molecule has 0 atom stereocenters. The first-order valence-corrected chi connectivity index (χ1v) is 18.3. The molecular formula is C38H49ClN6O4. The van der Waals surface area contributed by atoms with Crippen LogP contribution in [0, 0.1) is 16.7 Å². The molecule has 0 bridgehead atoms. The van der Waals surface area contributed by atoms with Gasteiger partial charge in [0.2, 0.25) is 0 Å². The number of piperidine rings is 2. The van der Waals surface area contributed by atoms with Crippen LogP contribution in [0.5, 0.6) is 5.75 Å². The van der Waals surface area contributed by atoms with E-state index < -0.39 is 5.60 Å². The number of ether oxygens (including phenoxy) is 2. The zero-order valence-corrected chi connectivity index (χ0v) is 29.8. The Kier molecular flexibility index (Phi) is 10.8. The van der Waals surface area contributed by atoms with Gasteiger partial charge in [-0.2, -0.15) is 10.4 Å². The summed E-state index contributed by atoms with van der Waals surface area (Å²) in [6.07, 6.45) is 13.1. The van der Waals surface area contributed by atoms with Crippen molar-refractivity contribution in [2.75, 3.05) is 26.2 Å². The molecule has 262 valence electrons. The maximum absolute atomic E-state index is 12.9. The summed E-state index contributed by atoms with van der Waals surface area (Å²) in [5, 5.41) is 21.2. The van der Waals surface area contributed by atoms with E-state index in [0.717, 1.165) is 83.2 Å². The van der Waals surface area contributed by atoms with Crippen LogP contribution in [-0.2, 0) is 4.74 Å². The summed E-state index contributed by atoms with van der Waals surface area (Å²) in [6, 6.07) is 11.5. The first-order valence-electron chi connectivity index (χ1n) is 17.9. The SMILES string of the molecule is CC(C)(C)OC(=O)N1CCC(N2CCC3(CC/C(=C/c4ccc(C(=O)N[C@H]5CC[C@H](Oc6ccc(C#N)c(Cl)c6)CC5)nn4)C3)CC2)CC1. The predicted molar refractivity (Wildman–Crippen MR) is 188 cm³/mol. The van der Waals surface area contributed by atoms with E-state index >= 15 is 0 Å². The van der Waals surface area contributed by atoms with Gasteiger partial charge < -0.3 is 24.6 Å². The second-order valence-corrected chi connectivity index (χ2v) is 15.8. The minimum absolute atomic E-state index is 0.0437. The van der Waals surface area contributed by atoms with Crippen LogP contribution in [0.25, 0.3) is 6.08 Å². The number of carbonyl (C=O) groups excluding carboxylic acids is 2. The lowest BCUT2D eigenvalue weighted by Gasteiger charge is -2.45. The number of nitriles is 1. The Morgan fingerprint density at radius 1 is 1.00 bits per heavy atom. The average molecular weight is 689 g/mol. The number of hydrogen-bond donors (Lipinski definition) is 1. The Balaban J connectivity index is 0.918. The van der Waals surface area contributed by atoms with Crippen molar-refractivity contribution in [3.63, 3.8) is 0 Å². The number of amides is 2. The minimum atomic E-state index is -0.458. The molecule has 3 heterocycles. The molecule has 1 N–H and O–H groups in total. The fourth-order valence-electron chi connectivity index (χ4n) is 7.92. The summed E-state index contributed by atoms with van der Waals surface area (Å²) < 4.78 is 11.7. The van der Waals surface area contributed by atoms with Crippen molar-refractivity contribution in [2.45, 2.75) is 115 Å². The zero-order chi connectivity index (χ0) is 34.6. The van der Waals surface area contributed by atoms with Gasteiger partial charge >= 0.3 is 6.09 Å². The quantitative estimate of drug-likeness (QED) is 0.339. The monoisotopic (exact) mass is 688 g/mol. The average Bonchev–Trinajstić information content (AvgIpc) is 3.47. The summed E-state index contributed by atoms with van der Waals surface area (Å²) >= 11 is 6.14. The normalized spacial score (nSPS) is 24.1. The van der Waals surface area contributed by atoms with Gasteiger partial charge in [0.15, 0.2) is 5.69 Å². The Labute approximate surface area is 295 Å². The molecule has 2 aliphatic carbocycles. The van der Waals surface area contributed by atoms with E-state index in [0.29, 0.717) is 33.5 Å². The van der Waals surface area contributed by atoms with Crippen molar-refractivity contribution in [2.24, 2.45) is 5.41 Å². The lowest BCUT2D eigenvalue weighted by Crippen LogP contribution is -2.50. The molecule has 1 spiro atoms. The Bertz CT molecular complexity index is 1560. The van der Waals surface area contributed by atoms with Crippen LogP contribution in [0.1, 0.15) is 113 Å². The highest BCUT2D eigenvalue weighted by Crippen LogP contribution is 2.49. The lowest BCUT2D eigenvalue weighted by atomic mass is 9.76. The fourth-order valence-corrected chi connectivity index (χ4v) is 8.14. The van der Waals surface area contributed by atoms with Gasteiger partial charge in [-0.05, 0) is 140 Å². The predicted octanol–water partition coefficient (Wildman–Crippen LogP) is 7.17. The van der Waals surface area contributed by atoms with E-state index in [-0.39, 0.29) is 24.1 Å². The number of allylic oxidation sites excluding steroid dienone is 1. The third kappa shape index (κ3) is 9.11. The molecule has 2 saturated carbocycles. The second-order valence-electron chi connectivity index (χ2n) is 15.4. The van der Waals surface area contributed by atoms with E-state index in [2.05, 4.69) is 32.6 Å². The maximum atomic E-state index is 12.9. The van der Waals surface area contributed by atoms with Gasteiger partial charge in [-0.1, -0.05) is 17.2 Å². The smallest absolute Gasteiger partial charge is 0.410 e. The van der Waals surface area contributed by atoms with Crippen LogP contribution < -0.4 is 10.1 Å². The number of likely N-dealkylation sites (tertiary alicyclic amines) is 2. The Morgan fingerprint density at radius 2 is 1.73 bits per heavy atom. The first-order chi connectivity index (χ1) is 23.5. The molecular weight excluding hydrogens is 640 g/mol. The second kappa shape index (κ2) is 15.1. The number of aromatic nitrogens is 2. The number of rotatable bonds is 6. The third-order valence-corrected chi connectivity index (χ3v) is 11.0. The van der Waals surface area contributed by atoms with E-state index in [4.69, 9.17) is 26.3 Å². The molecule has 6 rings (SSSR count). The van der Waals surface area contributed by atoms with Gasteiger partial charge in [0.1, 0.15) is 17.4 Å². The van der Waals surface area contributed by atoms with Crippen LogP contribution in [0.15, 0.2) is 35.9 Å². The summed E-state index contributed by atoms with van der Waals surface area (Å²) in [6.45, 7) is 9.52. The van der Waals surface area contributed by atoms with Crippen molar-refractivity contribution in [1.29, 1.82) is 5.26 Å². The van der Waals surface area contributed by atoms with Crippen molar-refractivity contribution in [3.8, 4) is 11.8 Å². The fraction of sp³-hybridized carbons (Fsp3) is 0.605. The number of carbonyl (C=O) groups is 2. The van der Waals surface area contributed by atoms with Crippen LogP contribution in [0.4, 0.5) is 4.79 Å². The topological polar surface area (TPSA) is 121 Å². The molecule has 2 saturated heterocycles. The standard InChI is InChI=1S/C38H49ClN6O4/c1-37(2,3)49-36(47)45-18-13-30(14-19-45)44-20-16-38(17-21-44)15-12-26(24-38)22-29-7-11-34(43-42-29)35(46)41-28-5-9-31(10-6-28)48-32-8-4-27(25-40)33(39)23-32/h4,7-8,11,22-23,28,30-31H,5-6,9-10,12-21,24H2,1-3H3,(H,41,46)/b26-22-/t28-,31-. The summed E-state index contributed by atoms with van der Waals surface area (Å²) in [5.74, 6) is 0.461. The van der Waals surface area contributed by atoms with Crippen LogP contribution >= 0.6 is 11.6 Å². The van der Waals surface area contributed by atoms with E-state index in [1.165, 1.54) is 24.8 Å². The van der Waals surface area contributed by atoms with Crippen LogP contribution in [-0.4, -0.2) is 82.0 Å². The van der Waals surface area contributed by atoms with Gasteiger partial charge in [0, 0.05) is 31.2 Å². The lowest BCUT2D eigenvalue weighted by molar-refractivity contribution is 0.00798. The van der Waals surface area contributed by atoms with Gasteiger partial charge in [-0.3, -0.25) is 4.79 Å². The number of nitrogens with zero attached hydrogens (tertiary/aromatic N) is 5. The van der Waals surface area contributed by atoms with Crippen LogP contribution in [0.2, 0.25) is 5.02 Å². The van der Waals surface area contributed by atoms with Crippen LogP contribution in [0.3, 0.4) is 0 Å². The van der Waals surface area contributed by atoms with Crippen molar-refractivity contribution in [1.82, 2.24) is 25.3 Å². The molecule has 4 aliphatic rings. The molecule has 11 heteroatoms. The van der Waals surface area contributed by atoms with Crippen molar-refractivity contribution < 1.29 is 19.1 Å². The number of halogens is 1. The molecule has 49 heavy (non-hydrogen) atoms. The minimum Gasteiger partial charge on any atom is -0.490 e. The van der Waals surface area contributed by atoms with E-state index in [1.54, 1.807) is 24.3 Å². The molecule has 1 aromatic carbocycles.